The number of rotatable bonds is 4. The maximum atomic E-state index is 9.59. The lowest BCUT2D eigenvalue weighted by Crippen LogP contribution is -1.90. The number of nitrogens with zero attached hydrogens (tertiary/aromatic N) is 2. The number of pyridine rings is 1. The van der Waals surface area contributed by atoms with Crippen LogP contribution in [0, 0.1) is 0 Å². The summed E-state index contributed by atoms with van der Waals surface area (Å²) in [7, 11) is 0. The summed E-state index contributed by atoms with van der Waals surface area (Å²) in [6.07, 6.45) is 5.41. The fourth-order valence-electron chi connectivity index (χ4n) is 2.05. The van der Waals surface area contributed by atoms with Gasteiger partial charge in [0.1, 0.15) is 5.69 Å². The highest BCUT2D eigenvalue weighted by Gasteiger charge is 2.15. The fraction of sp³-hybridized carbons (Fsp3) is 0.0588. The molecule has 0 spiro atoms. The van der Waals surface area contributed by atoms with Gasteiger partial charge < -0.3 is 9.63 Å². The van der Waals surface area contributed by atoms with Crippen molar-refractivity contribution in [3.8, 4) is 11.4 Å². The van der Waals surface area contributed by atoms with Crippen LogP contribution in [0.15, 0.2) is 59.3 Å². The van der Waals surface area contributed by atoms with E-state index in [1.807, 2.05) is 54.6 Å². The van der Waals surface area contributed by atoms with Gasteiger partial charge in [0.15, 0.2) is 5.76 Å². The van der Waals surface area contributed by atoms with E-state index in [1.165, 1.54) is 0 Å². The lowest BCUT2D eigenvalue weighted by atomic mass is 10.1. The zero-order valence-electron chi connectivity index (χ0n) is 11.3. The summed E-state index contributed by atoms with van der Waals surface area (Å²) in [5.74, 6) is 0.544. The van der Waals surface area contributed by atoms with Gasteiger partial charge in [-0.15, -0.1) is 0 Å². The zero-order valence-corrected chi connectivity index (χ0v) is 11.3. The summed E-state index contributed by atoms with van der Waals surface area (Å²) >= 11 is 0. The Morgan fingerprint density at radius 3 is 2.52 bits per heavy atom. The van der Waals surface area contributed by atoms with Gasteiger partial charge in [-0.3, -0.25) is 4.98 Å². The molecule has 0 bridgehead atoms. The van der Waals surface area contributed by atoms with Gasteiger partial charge in [-0.05, 0) is 23.8 Å². The van der Waals surface area contributed by atoms with Crippen molar-refractivity contribution >= 4 is 12.2 Å². The summed E-state index contributed by atoms with van der Waals surface area (Å²) in [6.45, 7) is -0.149. The molecule has 0 saturated carbocycles. The number of benzene rings is 1. The van der Waals surface area contributed by atoms with E-state index < -0.39 is 0 Å². The zero-order chi connectivity index (χ0) is 14.5. The molecule has 1 aromatic carbocycles. The number of hydrogen-bond donors (Lipinski definition) is 1. The molecule has 104 valence electrons. The van der Waals surface area contributed by atoms with Crippen LogP contribution < -0.4 is 0 Å². The van der Waals surface area contributed by atoms with Gasteiger partial charge in [0.25, 0.3) is 0 Å². The van der Waals surface area contributed by atoms with E-state index in [0.29, 0.717) is 22.7 Å². The average Bonchev–Trinajstić information content (AvgIpc) is 2.97. The van der Waals surface area contributed by atoms with Crippen molar-refractivity contribution in [3.63, 3.8) is 0 Å². The van der Waals surface area contributed by atoms with Crippen molar-refractivity contribution in [2.24, 2.45) is 0 Å². The summed E-state index contributed by atoms with van der Waals surface area (Å²) < 4.78 is 5.33. The van der Waals surface area contributed by atoms with Crippen molar-refractivity contribution in [1.82, 2.24) is 10.1 Å². The number of hydrogen-bond acceptors (Lipinski definition) is 4. The second-order valence-electron chi connectivity index (χ2n) is 4.49. The molecule has 0 aliphatic heterocycles. The van der Waals surface area contributed by atoms with Crippen molar-refractivity contribution in [3.05, 3.63) is 71.6 Å². The van der Waals surface area contributed by atoms with Crippen LogP contribution in [0.5, 0.6) is 0 Å². The molecule has 0 radical (unpaired) electrons. The SMILES string of the molecule is OCc1c(-c2ccccn2)noc1C=Cc1ccccc1. The van der Waals surface area contributed by atoms with Crippen molar-refractivity contribution < 1.29 is 9.63 Å². The first kappa shape index (κ1) is 13.3. The minimum atomic E-state index is -0.149. The molecular formula is C17H14N2O2. The molecule has 0 saturated heterocycles. The first-order valence-electron chi connectivity index (χ1n) is 6.62. The molecule has 0 amide bonds. The maximum absolute atomic E-state index is 9.59. The van der Waals surface area contributed by atoms with Gasteiger partial charge >= 0.3 is 0 Å². The second-order valence-corrected chi connectivity index (χ2v) is 4.49. The molecular weight excluding hydrogens is 264 g/mol. The molecule has 3 aromatic rings. The van der Waals surface area contributed by atoms with Crippen LogP contribution in [0.25, 0.3) is 23.5 Å². The third kappa shape index (κ3) is 2.90. The Morgan fingerprint density at radius 1 is 1.00 bits per heavy atom. The molecule has 0 aliphatic carbocycles. The van der Waals surface area contributed by atoms with Crippen LogP contribution in [0.1, 0.15) is 16.9 Å². The molecule has 4 heteroatoms. The minimum Gasteiger partial charge on any atom is -0.391 e. The summed E-state index contributed by atoms with van der Waals surface area (Å²) in [4.78, 5) is 4.23. The first-order chi connectivity index (χ1) is 10.4. The summed E-state index contributed by atoms with van der Waals surface area (Å²) in [5.41, 5.74) is 2.95. The highest BCUT2D eigenvalue weighted by molar-refractivity contribution is 5.72. The lowest BCUT2D eigenvalue weighted by molar-refractivity contribution is 0.280. The van der Waals surface area contributed by atoms with Crippen LogP contribution >= 0.6 is 0 Å². The predicted octanol–water partition coefficient (Wildman–Crippen LogP) is 3.40. The largest absolute Gasteiger partial charge is 0.391 e. The Morgan fingerprint density at radius 2 is 1.81 bits per heavy atom. The van der Waals surface area contributed by atoms with Crippen LogP contribution in [-0.2, 0) is 6.61 Å². The molecule has 2 heterocycles. The quantitative estimate of drug-likeness (QED) is 0.794. The van der Waals surface area contributed by atoms with Crippen LogP contribution in [0.2, 0.25) is 0 Å². The highest BCUT2D eigenvalue weighted by atomic mass is 16.5. The summed E-state index contributed by atoms with van der Waals surface area (Å²) in [5, 5.41) is 13.6. The van der Waals surface area contributed by atoms with Gasteiger partial charge in [-0.25, -0.2) is 0 Å². The van der Waals surface area contributed by atoms with E-state index in [9.17, 15) is 5.11 Å². The fourth-order valence-corrected chi connectivity index (χ4v) is 2.05. The third-order valence-electron chi connectivity index (χ3n) is 3.11. The molecule has 2 aromatic heterocycles. The molecule has 0 aliphatic rings. The van der Waals surface area contributed by atoms with E-state index in [-0.39, 0.29) is 6.61 Å². The molecule has 0 unspecified atom stereocenters. The average molecular weight is 278 g/mol. The van der Waals surface area contributed by atoms with E-state index in [0.717, 1.165) is 5.56 Å². The number of aliphatic hydroxyl groups excluding tert-OH is 1. The predicted molar refractivity (Wildman–Crippen MR) is 81.0 cm³/mol. The molecule has 0 fully saturated rings. The van der Waals surface area contributed by atoms with Crippen molar-refractivity contribution in [2.75, 3.05) is 0 Å². The first-order valence-corrected chi connectivity index (χ1v) is 6.62. The molecule has 4 nitrogen and oxygen atoms in total. The van der Waals surface area contributed by atoms with Crippen molar-refractivity contribution in [1.29, 1.82) is 0 Å². The van der Waals surface area contributed by atoms with Gasteiger partial charge in [-0.2, -0.15) is 0 Å². The topological polar surface area (TPSA) is 59.2 Å². The van der Waals surface area contributed by atoms with Crippen LogP contribution in [-0.4, -0.2) is 15.2 Å². The number of aromatic nitrogens is 2. The van der Waals surface area contributed by atoms with Gasteiger partial charge in [0.05, 0.1) is 17.9 Å². The van der Waals surface area contributed by atoms with Crippen LogP contribution in [0.4, 0.5) is 0 Å². The minimum absolute atomic E-state index is 0.149. The van der Waals surface area contributed by atoms with Gasteiger partial charge in [-0.1, -0.05) is 47.6 Å². The van der Waals surface area contributed by atoms with Gasteiger partial charge in [0, 0.05) is 6.20 Å². The molecule has 3 rings (SSSR count). The van der Waals surface area contributed by atoms with E-state index in [2.05, 4.69) is 10.1 Å². The monoisotopic (exact) mass is 278 g/mol. The van der Waals surface area contributed by atoms with E-state index in [1.54, 1.807) is 12.3 Å². The maximum Gasteiger partial charge on any atom is 0.165 e. The smallest absolute Gasteiger partial charge is 0.165 e. The van der Waals surface area contributed by atoms with Gasteiger partial charge in [0.2, 0.25) is 0 Å². The van der Waals surface area contributed by atoms with E-state index in [4.69, 9.17) is 4.52 Å². The lowest BCUT2D eigenvalue weighted by Gasteiger charge is -1.97. The highest BCUT2D eigenvalue weighted by Crippen LogP contribution is 2.25. The standard InChI is InChI=1S/C17H14N2O2/c20-12-14-16(10-9-13-6-2-1-3-7-13)21-19-17(14)15-8-4-5-11-18-15/h1-11,20H,12H2. The Balaban J connectivity index is 1.94. The number of aliphatic hydroxyl groups is 1. The Bertz CT molecular complexity index is 734. The normalized spacial score (nSPS) is 11.1. The molecule has 0 atom stereocenters. The summed E-state index contributed by atoms with van der Waals surface area (Å²) in [6, 6.07) is 15.4. The second kappa shape index (κ2) is 6.15. The molecule has 21 heavy (non-hydrogen) atoms. The Hall–Kier alpha value is -2.72. The Labute approximate surface area is 122 Å². The molecule has 1 N–H and O–H groups in total. The van der Waals surface area contributed by atoms with Crippen LogP contribution in [0.3, 0.4) is 0 Å². The third-order valence-corrected chi connectivity index (χ3v) is 3.11. The van der Waals surface area contributed by atoms with E-state index >= 15 is 0 Å². The van der Waals surface area contributed by atoms with Crippen molar-refractivity contribution in [2.45, 2.75) is 6.61 Å². The Kier molecular flexibility index (Phi) is 3.89.